The largest absolute Gasteiger partial charge is 0.374 e. The number of amides is 1. The number of fused-ring (bicyclic) bond motifs is 1. The Morgan fingerprint density at radius 1 is 1.21 bits per heavy atom. The molecular formula is C14H24N2O3. The summed E-state index contributed by atoms with van der Waals surface area (Å²) in [5.41, 5.74) is 5.61. The molecule has 3 rings (SSSR count). The van der Waals surface area contributed by atoms with Crippen LogP contribution in [-0.4, -0.2) is 54.9 Å². The second-order valence-electron chi connectivity index (χ2n) is 5.85. The molecule has 3 aliphatic rings. The van der Waals surface area contributed by atoms with Gasteiger partial charge in [0.25, 0.3) is 5.91 Å². The molecule has 1 saturated carbocycles. The molecule has 0 radical (unpaired) electrons. The third kappa shape index (κ3) is 2.64. The number of carbonyl (C=O) groups excluding carboxylic acids is 1. The van der Waals surface area contributed by atoms with Crippen LogP contribution in [0.2, 0.25) is 0 Å². The van der Waals surface area contributed by atoms with Crippen molar-refractivity contribution in [2.75, 3.05) is 19.7 Å². The first-order valence-corrected chi connectivity index (χ1v) is 7.57. The minimum absolute atomic E-state index is 0.0668. The summed E-state index contributed by atoms with van der Waals surface area (Å²) < 4.78 is 11.6. The summed E-state index contributed by atoms with van der Waals surface area (Å²) in [6.45, 7) is 1.89. The lowest BCUT2D eigenvalue weighted by molar-refractivity contribution is -0.160. The zero-order chi connectivity index (χ0) is 13.2. The molecule has 2 aliphatic heterocycles. The molecular weight excluding hydrogens is 244 g/mol. The average molecular weight is 268 g/mol. The van der Waals surface area contributed by atoms with E-state index < -0.39 is 0 Å². The standard InChI is InChI=1S/C14H24N2O3/c15-9-10-5-6-13(19-10)14(17)16-7-8-18-12-4-2-1-3-11(12)16/h10-13H,1-9,15H2. The van der Waals surface area contributed by atoms with E-state index in [0.717, 1.165) is 25.7 Å². The normalized spacial score (nSPS) is 39.1. The summed E-state index contributed by atoms with van der Waals surface area (Å²) in [6.07, 6.45) is 6.35. The summed E-state index contributed by atoms with van der Waals surface area (Å²) in [5.74, 6) is 0.163. The van der Waals surface area contributed by atoms with Gasteiger partial charge in [-0.3, -0.25) is 4.79 Å². The number of nitrogens with zero attached hydrogens (tertiary/aromatic N) is 1. The number of carbonyl (C=O) groups is 1. The fourth-order valence-electron chi connectivity index (χ4n) is 3.62. The molecule has 0 aromatic rings. The molecule has 3 fully saturated rings. The van der Waals surface area contributed by atoms with Crippen molar-refractivity contribution >= 4 is 5.91 Å². The second-order valence-corrected chi connectivity index (χ2v) is 5.85. The Labute approximate surface area is 114 Å². The van der Waals surface area contributed by atoms with Gasteiger partial charge in [-0.2, -0.15) is 0 Å². The van der Waals surface area contributed by atoms with Gasteiger partial charge in [0, 0.05) is 13.1 Å². The molecule has 0 spiro atoms. The van der Waals surface area contributed by atoms with Crippen molar-refractivity contribution in [1.82, 2.24) is 4.90 Å². The first-order valence-electron chi connectivity index (χ1n) is 7.57. The molecule has 1 aliphatic carbocycles. The van der Waals surface area contributed by atoms with Crippen LogP contribution in [0, 0.1) is 0 Å². The van der Waals surface area contributed by atoms with E-state index in [1.54, 1.807) is 0 Å². The first-order chi connectivity index (χ1) is 9.29. The van der Waals surface area contributed by atoms with E-state index >= 15 is 0 Å². The molecule has 0 aromatic carbocycles. The van der Waals surface area contributed by atoms with Crippen LogP contribution in [0.4, 0.5) is 0 Å². The highest BCUT2D eigenvalue weighted by atomic mass is 16.5. The Kier molecular flexibility index (Phi) is 4.05. The maximum Gasteiger partial charge on any atom is 0.252 e. The van der Waals surface area contributed by atoms with E-state index in [-0.39, 0.29) is 30.3 Å². The van der Waals surface area contributed by atoms with Crippen molar-refractivity contribution in [3.63, 3.8) is 0 Å². The van der Waals surface area contributed by atoms with Crippen molar-refractivity contribution in [1.29, 1.82) is 0 Å². The zero-order valence-corrected chi connectivity index (χ0v) is 11.4. The van der Waals surface area contributed by atoms with Crippen molar-refractivity contribution in [3.8, 4) is 0 Å². The summed E-state index contributed by atoms with van der Waals surface area (Å²) in [4.78, 5) is 14.6. The Bertz CT molecular complexity index is 335. The summed E-state index contributed by atoms with van der Waals surface area (Å²) in [6, 6.07) is 0.274. The van der Waals surface area contributed by atoms with Crippen molar-refractivity contribution < 1.29 is 14.3 Å². The summed E-state index contributed by atoms with van der Waals surface area (Å²) in [7, 11) is 0. The van der Waals surface area contributed by atoms with E-state index in [1.165, 1.54) is 12.8 Å². The van der Waals surface area contributed by atoms with Crippen molar-refractivity contribution in [2.45, 2.75) is 62.9 Å². The van der Waals surface area contributed by atoms with Gasteiger partial charge >= 0.3 is 0 Å². The van der Waals surface area contributed by atoms with Gasteiger partial charge in [0.05, 0.1) is 24.9 Å². The first kappa shape index (κ1) is 13.3. The van der Waals surface area contributed by atoms with Crippen LogP contribution >= 0.6 is 0 Å². The lowest BCUT2D eigenvalue weighted by Crippen LogP contribution is -2.57. The highest BCUT2D eigenvalue weighted by Gasteiger charge is 2.41. The molecule has 0 aromatic heterocycles. The maximum atomic E-state index is 12.6. The maximum absolute atomic E-state index is 12.6. The topological polar surface area (TPSA) is 64.8 Å². The number of hydrogen-bond acceptors (Lipinski definition) is 4. The number of morpholine rings is 1. The Morgan fingerprint density at radius 2 is 2.05 bits per heavy atom. The van der Waals surface area contributed by atoms with Crippen LogP contribution in [0.5, 0.6) is 0 Å². The Morgan fingerprint density at radius 3 is 2.84 bits per heavy atom. The fraction of sp³-hybridized carbons (Fsp3) is 0.929. The second kappa shape index (κ2) is 5.77. The monoisotopic (exact) mass is 268 g/mol. The molecule has 5 nitrogen and oxygen atoms in total. The Hall–Kier alpha value is -0.650. The van der Waals surface area contributed by atoms with Crippen molar-refractivity contribution in [3.05, 3.63) is 0 Å². The molecule has 5 heteroatoms. The van der Waals surface area contributed by atoms with Crippen LogP contribution in [0.25, 0.3) is 0 Å². The molecule has 2 N–H and O–H groups in total. The van der Waals surface area contributed by atoms with Crippen LogP contribution in [-0.2, 0) is 14.3 Å². The molecule has 2 saturated heterocycles. The molecule has 4 unspecified atom stereocenters. The Balaban J connectivity index is 1.65. The van der Waals surface area contributed by atoms with Crippen LogP contribution < -0.4 is 5.73 Å². The van der Waals surface area contributed by atoms with E-state index in [2.05, 4.69) is 0 Å². The summed E-state index contributed by atoms with van der Waals surface area (Å²) in [5, 5.41) is 0. The molecule has 19 heavy (non-hydrogen) atoms. The van der Waals surface area contributed by atoms with Gasteiger partial charge < -0.3 is 20.1 Å². The molecule has 4 atom stereocenters. The van der Waals surface area contributed by atoms with E-state index in [4.69, 9.17) is 15.2 Å². The number of nitrogens with two attached hydrogens (primary N) is 1. The predicted octanol–water partition coefficient (Wildman–Crippen LogP) is 0.663. The van der Waals surface area contributed by atoms with Gasteiger partial charge in [-0.15, -0.1) is 0 Å². The third-order valence-electron chi connectivity index (χ3n) is 4.66. The fourth-order valence-corrected chi connectivity index (χ4v) is 3.62. The molecule has 0 bridgehead atoms. The molecule has 1 amide bonds. The minimum atomic E-state index is -0.269. The van der Waals surface area contributed by atoms with Crippen LogP contribution in [0.1, 0.15) is 38.5 Å². The minimum Gasteiger partial charge on any atom is -0.374 e. The highest BCUT2D eigenvalue weighted by molar-refractivity contribution is 5.81. The van der Waals surface area contributed by atoms with E-state index in [9.17, 15) is 4.79 Å². The molecule has 2 heterocycles. The van der Waals surface area contributed by atoms with Crippen molar-refractivity contribution in [2.24, 2.45) is 5.73 Å². The number of ether oxygens (including phenoxy) is 2. The van der Waals surface area contributed by atoms with E-state index in [0.29, 0.717) is 19.7 Å². The quantitative estimate of drug-likeness (QED) is 0.799. The highest BCUT2D eigenvalue weighted by Crippen LogP contribution is 2.30. The predicted molar refractivity (Wildman–Crippen MR) is 70.7 cm³/mol. The average Bonchev–Trinajstić information content (AvgIpc) is 2.95. The van der Waals surface area contributed by atoms with E-state index in [1.807, 2.05) is 4.90 Å². The smallest absolute Gasteiger partial charge is 0.252 e. The number of rotatable bonds is 2. The molecule has 108 valence electrons. The van der Waals surface area contributed by atoms with Gasteiger partial charge in [0.2, 0.25) is 0 Å². The number of hydrogen-bond donors (Lipinski definition) is 1. The van der Waals surface area contributed by atoms with Gasteiger partial charge in [-0.05, 0) is 25.7 Å². The summed E-state index contributed by atoms with van der Waals surface area (Å²) >= 11 is 0. The lowest BCUT2D eigenvalue weighted by Gasteiger charge is -2.44. The van der Waals surface area contributed by atoms with Gasteiger partial charge in [-0.25, -0.2) is 0 Å². The van der Waals surface area contributed by atoms with Gasteiger partial charge in [0.1, 0.15) is 6.10 Å². The lowest BCUT2D eigenvalue weighted by atomic mass is 9.89. The van der Waals surface area contributed by atoms with Crippen LogP contribution in [0.3, 0.4) is 0 Å². The van der Waals surface area contributed by atoms with Crippen LogP contribution in [0.15, 0.2) is 0 Å². The SMILES string of the molecule is NCC1CCC(C(=O)N2CCOC3CCCCC32)O1. The van der Waals surface area contributed by atoms with Gasteiger partial charge in [-0.1, -0.05) is 12.8 Å². The zero-order valence-electron chi connectivity index (χ0n) is 11.4. The van der Waals surface area contributed by atoms with Gasteiger partial charge in [0.15, 0.2) is 0 Å². The third-order valence-corrected chi connectivity index (χ3v) is 4.66.